The van der Waals surface area contributed by atoms with Gasteiger partial charge in [0, 0.05) is 27.7 Å². The number of hydrogen-bond acceptors (Lipinski definition) is 5. The van der Waals surface area contributed by atoms with Crippen LogP contribution in [-0.4, -0.2) is 21.8 Å². The first-order chi connectivity index (χ1) is 13.0. The second kappa shape index (κ2) is 9.01. The van der Waals surface area contributed by atoms with Crippen molar-refractivity contribution in [2.75, 3.05) is 5.75 Å². The molecule has 3 rings (SSSR count). The van der Waals surface area contributed by atoms with E-state index in [4.69, 9.17) is 16.1 Å². The van der Waals surface area contributed by atoms with E-state index < -0.39 is 6.04 Å². The molecular weight excluding hydrogens is 389 g/mol. The number of aromatic nitrogens is 2. The molecule has 1 atom stereocenters. The van der Waals surface area contributed by atoms with Crippen LogP contribution in [0.25, 0.3) is 11.4 Å². The molecule has 5 nitrogen and oxygen atoms in total. The maximum Gasteiger partial charge on any atom is 0.249 e. The minimum absolute atomic E-state index is 0.106. The number of carbonyl (C=O) groups is 1. The van der Waals surface area contributed by atoms with Crippen LogP contribution in [0.15, 0.2) is 57.9 Å². The Morgan fingerprint density at radius 1 is 1.22 bits per heavy atom. The van der Waals surface area contributed by atoms with Crippen molar-refractivity contribution in [3.8, 4) is 11.4 Å². The molecule has 27 heavy (non-hydrogen) atoms. The highest BCUT2D eigenvalue weighted by Gasteiger charge is 2.17. The lowest BCUT2D eigenvalue weighted by Gasteiger charge is -2.09. The van der Waals surface area contributed by atoms with Gasteiger partial charge in [-0.25, -0.2) is 4.39 Å². The zero-order chi connectivity index (χ0) is 19.2. The zero-order valence-electron chi connectivity index (χ0n) is 14.5. The Labute approximate surface area is 165 Å². The Morgan fingerprint density at radius 2 is 1.93 bits per heavy atom. The minimum Gasteiger partial charge on any atom is -0.345 e. The normalized spacial score (nSPS) is 12.0. The fourth-order valence-electron chi connectivity index (χ4n) is 2.30. The van der Waals surface area contributed by atoms with Gasteiger partial charge < -0.3 is 9.84 Å². The van der Waals surface area contributed by atoms with E-state index in [1.54, 1.807) is 30.8 Å². The minimum atomic E-state index is -0.417. The number of thioether (sulfide) groups is 1. The molecule has 0 fully saturated rings. The lowest BCUT2D eigenvalue weighted by Crippen LogP contribution is -2.27. The molecule has 1 N–H and O–H groups in total. The molecule has 0 bridgehead atoms. The van der Waals surface area contributed by atoms with Gasteiger partial charge in [0.1, 0.15) is 11.9 Å². The molecule has 1 aromatic heterocycles. The average molecular weight is 406 g/mol. The van der Waals surface area contributed by atoms with Gasteiger partial charge in [-0.05, 0) is 55.5 Å². The Balaban J connectivity index is 1.49. The van der Waals surface area contributed by atoms with Crippen LogP contribution in [0.3, 0.4) is 0 Å². The van der Waals surface area contributed by atoms with Crippen LogP contribution < -0.4 is 5.32 Å². The summed E-state index contributed by atoms with van der Waals surface area (Å²) in [6, 6.07) is 12.9. The molecule has 0 aliphatic heterocycles. The molecule has 140 valence electrons. The van der Waals surface area contributed by atoms with Crippen molar-refractivity contribution in [3.05, 3.63) is 65.3 Å². The number of amides is 1. The van der Waals surface area contributed by atoms with Gasteiger partial charge >= 0.3 is 0 Å². The third kappa shape index (κ3) is 5.55. The maximum absolute atomic E-state index is 13.0. The molecular formula is C19H17ClFN3O2S. The van der Waals surface area contributed by atoms with Crippen LogP contribution in [0.2, 0.25) is 5.02 Å². The Kier molecular flexibility index (Phi) is 6.47. The van der Waals surface area contributed by atoms with Gasteiger partial charge in [0.25, 0.3) is 0 Å². The monoisotopic (exact) mass is 405 g/mol. The average Bonchev–Trinajstić information content (AvgIpc) is 3.14. The number of halogens is 2. The van der Waals surface area contributed by atoms with Crippen LogP contribution in [-0.2, 0) is 4.79 Å². The van der Waals surface area contributed by atoms with Crippen molar-refractivity contribution in [2.24, 2.45) is 0 Å². The fourth-order valence-corrected chi connectivity index (χ4v) is 3.27. The van der Waals surface area contributed by atoms with Gasteiger partial charge in [-0.1, -0.05) is 16.8 Å². The molecule has 1 amide bonds. The quantitative estimate of drug-likeness (QED) is 0.567. The van der Waals surface area contributed by atoms with Crippen molar-refractivity contribution in [1.29, 1.82) is 0 Å². The predicted octanol–water partition coefficient (Wildman–Crippen LogP) is 4.89. The summed E-state index contributed by atoms with van der Waals surface area (Å²) < 4.78 is 18.2. The molecule has 0 aliphatic rings. The first-order valence-corrected chi connectivity index (χ1v) is 9.65. The van der Waals surface area contributed by atoms with Crippen LogP contribution >= 0.6 is 23.4 Å². The van der Waals surface area contributed by atoms with Crippen LogP contribution in [0.5, 0.6) is 0 Å². The first-order valence-electron chi connectivity index (χ1n) is 8.28. The summed E-state index contributed by atoms with van der Waals surface area (Å²) in [5.74, 6) is 0.854. The summed E-state index contributed by atoms with van der Waals surface area (Å²) in [4.78, 5) is 17.4. The number of hydrogen-bond donors (Lipinski definition) is 1. The number of nitrogens with one attached hydrogen (secondary N) is 1. The topological polar surface area (TPSA) is 68.0 Å². The van der Waals surface area contributed by atoms with E-state index >= 15 is 0 Å². The summed E-state index contributed by atoms with van der Waals surface area (Å²) >= 11 is 7.43. The number of benzene rings is 2. The lowest BCUT2D eigenvalue weighted by molar-refractivity contribution is -0.121. The highest BCUT2D eigenvalue weighted by Crippen LogP contribution is 2.22. The Morgan fingerprint density at radius 3 is 2.63 bits per heavy atom. The first kappa shape index (κ1) is 19.4. The summed E-state index contributed by atoms with van der Waals surface area (Å²) in [5.41, 5.74) is 0.643. The van der Waals surface area contributed by atoms with E-state index in [2.05, 4.69) is 15.5 Å². The third-order valence-corrected chi connectivity index (χ3v) is 4.97. The SMILES string of the molecule is CC(NC(=O)CCSc1ccc(Cl)cc1)c1nc(-c2ccc(F)cc2)no1. The van der Waals surface area contributed by atoms with Crippen molar-refractivity contribution in [2.45, 2.75) is 24.3 Å². The summed E-state index contributed by atoms with van der Waals surface area (Å²) in [6.07, 6.45) is 0.358. The molecule has 3 aromatic rings. The molecule has 2 aromatic carbocycles. The fraction of sp³-hybridized carbons (Fsp3) is 0.211. The van der Waals surface area contributed by atoms with E-state index in [0.29, 0.717) is 34.5 Å². The van der Waals surface area contributed by atoms with Gasteiger partial charge in [-0.15, -0.1) is 11.8 Å². The largest absolute Gasteiger partial charge is 0.345 e. The highest BCUT2D eigenvalue weighted by molar-refractivity contribution is 7.99. The van der Waals surface area contributed by atoms with E-state index in [9.17, 15) is 9.18 Å². The second-order valence-corrected chi connectivity index (χ2v) is 7.41. The van der Waals surface area contributed by atoms with Crippen molar-refractivity contribution < 1.29 is 13.7 Å². The van der Waals surface area contributed by atoms with Crippen molar-refractivity contribution in [3.63, 3.8) is 0 Å². The Hall–Kier alpha value is -2.38. The zero-order valence-corrected chi connectivity index (χ0v) is 16.1. The molecule has 0 saturated carbocycles. The Bertz CT molecular complexity index is 900. The van der Waals surface area contributed by atoms with E-state index in [1.165, 1.54) is 12.1 Å². The molecule has 1 heterocycles. The van der Waals surface area contributed by atoms with Gasteiger partial charge in [0.15, 0.2) is 0 Å². The van der Waals surface area contributed by atoms with E-state index in [-0.39, 0.29) is 11.7 Å². The third-order valence-electron chi connectivity index (χ3n) is 3.70. The predicted molar refractivity (Wildman–Crippen MR) is 103 cm³/mol. The van der Waals surface area contributed by atoms with Gasteiger partial charge in [-0.3, -0.25) is 4.79 Å². The van der Waals surface area contributed by atoms with Crippen molar-refractivity contribution in [1.82, 2.24) is 15.5 Å². The van der Waals surface area contributed by atoms with Crippen molar-refractivity contribution >= 4 is 29.3 Å². The van der Waals surface area contributed by atoms with Gasteiger partial charge in [-0.2, -0.15) is 4.98 Å². The molecule has 8 heteroatoms. The van der Waals surface area contributed by atoms with E-state index in [0.717, 1.165) is 4.90 Å². The lowest BCUT2D eigenvalue weighted by atomic mass is 10.2. The van der Waals surface area contributed by atoms with E-state index in [1.807, 2.05) is 24.3 Å². The highest BCUT2D eigenvalue weighted by atomic mass is 35.5. The number of rotatable bonds is 7. The summed E-state index contributed by atoms with van der Waals surface area (Å²) in [5, 5.41) is 7.40. The van der Waals surface area contributed by atoms with Gasteiger partial charge in [0.2, 0.25) is 17.6 Å². The molecule has 1 unspecified atom stereocenters. The standard InChI is InChI=1S/C19H17ClFN3O2S/c1-12(19-23-18(24-26-19)13-2-6-15(21)7-3-13)22-17(25)10-11-27-16-8-4-14(20)5-9-16/h2-9,12H,10-11H2,1H3,(H,22,25). The van der Waals surface area contributed by atoms with Crippen LogP contribution in [0.1, 0.15) is 25.3 Å². The van der Waals surface area contributed by atoms with Crippen LogP contribution in [0, 0.1) is 5.82 Å². The number of carbonyl (C=O) groups excluding carboxylic acids is 1. The molecule has 0 radical (unpaired) electrons. The second-order valence-electron chi connectivity index (χ2n) is 5.80. The molecule has 0 saturated heterocycles. The van der Waals surface area contributed by atoms with Gasteiger partial charge in [0.05, 0.1) is 0 Å². The smallest absolute Gasteiger partial charge is 0.249 e. The summed E-state index contributed by atoms with van der Waals surface area (Å²) in [7, 11) is 0. The molecule has 0 spiro atoms. The molecule has 0 aliphatic carbocycles. The summed E-state index contributed by atoms with van der Waals surface area (Å²) in [6.45, 7) is 1.77. The number of nitrogens with zero attached hydrogens (tertiary/aromatic N) is 2. The maximum atomic E-state index is 13.0. The van der Waals surface area contributed by atoms with Crippen LogP contribution in [0.4, 0.5) is 4.39 Å².